The quantitative estimate of drug-likeness (QED) is 0.670. The van der Waals surface area contributed by atoms with E-state index in [1.807, 2.05) is 0 Å². The maximum absolute atomic E-state index is 14.2. The van der Waals surface area contributed by atoms with Crippen LogP contribution in [0.3, 0.4) is 0 Å². The summed E-state index contributed by atoms with van der Waals surface area (Å²) in [5.41, 5.74) is 1.51. The highest BCUT2D eigenvalue weighted by molar-refractivity contribution is 6.30. The average molecular weight is 296 g/mol. The molecule has 0 saturated carbocycles. The minimum atomic E-state index is -0.513. The molecule has 3 aromatic rings. The molecule has 2 aromatic heterocycles. The monoisotopic (exact) mass is 295 g/mol. The number of aromatic nitrogens is 3. The van der Waals surface area contributed by atoms with Crippen molar-refractivity contribution >= 4 is 34.4 Å². The second-order valence-electron chi connectivity index (χ2n) is 3.92. The van der Waals surface area contributed by atoms with Crippen LogP contribution in [0.25, 0.3) is 16.9 Å². The van der Waals surface area contributed by atoms with Crippen LogP contribution in [0.2, 0.25) is 5.02 Å². The molecule has 0 atom stereocenters. The van der Waals surface area contributed by atoms with E-state index >= 15 is 0 Å². The fourth-order valence-corrected chi connectivity index (χ4v) is 2.32. The number of hydrogen-bond acceptors (Lipinski definition) is 2. The molecule has 0 spiro atoms. The molecule has 0 saturated heterocycles. The van der Waals surface area contributed by atoms with Gasteiger partial charge in [-0.25, -0.2) is 14.4 Å². The maximum Gasteiger partial charge on any atom is 0.165 e. The van der Waals surface area contributed by atoms with E-state index < -0.39 is 5.82 Å². The normalized spacial score (nSPS) is 11.1. The first kappa shape index (κ1) is 12.4. The van der Waals surface area contributed by atoms with Crippen LogP contribution in [-0.4, -0.2) is 14.5 Å². The fraction of sp³-hybridized carbons (Fsp3) is 0.0769. The van der Waals surface area contributed by atoms with Crippen molar-refractivity contribution in [2.24, 2.45) is 0 Å². The highest BCUT2D eigenvalue weighted by atomic mass is 35.5. The fourth-order valence-electron chi connectivity index (χ4n) is 1.97. The van der Waals surface area contributed by atoms with Crippen LogP contribution >= 0.6 is 23.2 Å². The molecule has 96 valence electrons. The van der Waals surface area contributed by atoms with Gasteiger partial charge in [-0.3, -0.25) is 4.57 Å². The van der Waals surface area contributed by atoms with E-state index in [2.05, 4.69) is 9.97 Å². The minimum Gasteiger partial charge on any atom is -0.277 e. The Morgan fingerprint density at radius 1 is 1.21 bits per heavy atom. The van der Waals surface area contributed by atoms with Crippen molar-refractivity contribution in [2.75, 3.05) is 0 Å². The number of fused-ring (bicyclic) bond motifs is 1. The smallest absolute Gasteiger partial charge is 0.165 e. The molecule has 0 fully saturated rings. The first-order valence-corrected chi connectivity index (χ1v) is 6.46. The molecule has 3 rings (SSSR count). The molecule has 2 heterocycles. The van der Waals surface area contributed by atoms with Gasteiger partial charge in [-0.2, -0.15) is 0 Å². The number of hydrogen-bond donors (Lipinski definition) is 0. The predicted octanol–water partition coefficient (Wildman–Crippen LogP) is 3.95. The lowest BCUT2D eigenvalue weighted by molar-refractivity contribution is 0.618. The minimum absolute atomic E-state index is 0.0517. The summed E-state index contributed by atoms with van der Waals surface area (Å²) < 4.78 is 15.7. The van der Waals surface area contributed by atoms with Gasteiger partial charge in [-0.05, 0) is 24.3 Å². The molecule has 0 N–H and O–H groups in total. The Morgan fingerprint density at radius 2 is 2.05 bits per heavy atom. The Bertz CT molecular complexity index is 755. The Hall–Kier alpha value is -1.65. The summed E-state index contributed by atoms with van der Waals surface area (Å²) in [5.74, 6) is 0.166. The summed E-state index contributed by atoms with van der Waals surface area (Å²) in [4.78, 5) is 8.57. The number of rotatable bonds is 2. The molecule has 0 aliphatic heterocycles. The SMILES string of the molecule is Fc1c(Cl)cccc1-n1c(CCl)nc2cccnc21. The Balaban J connectivity index is 2.38. The van der Waals surface area contributed by atoms with Gasteiger partial charge in [-0.1, -0.05) is 17.7 Å². The third-order valence-corrected chi connectivity index (χ3v) is 3.31. The summed E-state index contributed by atoms with van der Waals surface area (Å²) in [5, 5.41) is 0.0517. The number of pyridine rings is 1. The van der Waals surface area contributed by atoms with Gasteiger partial charge in [0.1, 0.15) is 11.3 Å². The van der Waals surface area contributed by atoms with Gasteiger partial charge in [0, 0.05) is 6.20 Å². The van der Waals surface area contributed by atoms with E-state index in [1.165, 1.54) is 6.07 Å². The summed E-state index contributed by atoms with van der Waals surface area (Å²) >= 11 is 11.7. The number of nitrogens with zero attached hydrogens (tertiary/aromatic N) is 3. The van der Waals surface area contributed by atoms with Crippen molar-refractivity contribution in [2.45, 2.75) is 5.88 Å². The number of benzene rings is 1. The highest BCUT2D eigenvalue weighted by Gasteiger charge is 2.16. The van der Waals surface area contributed by atoms with Gasteiger partial charge in [0.15, 0.2) is 11.5 Å². The zero-order valence-electron chi connectivity index (χ0n) is 9.65. The van der Waals surface area contributed by atoms with Crippen molar-refractivity contribution in [3.8, 4) is 5.69 Å². The van der Waals surface area contributed by atoms with Gasteiger partial charge < -0.3 is 0 Å². The van der Waals surface area contributed by atoms with Crippen molar-refractivity contribution in [3.63, 3.8) is 0 Å². The van der Waals surface area contributed by atoms with Gasteiger partial charge in [-0.15, -0.1) is 11.6 Å². The molecule has 0 amide bonds. The van der Waals surface area contributed by atoms with Gasteiger partial charge in [0.05, 0.1) is 16.6 Å². The summed E-state index contributed by atoms with van der Waals surface area (Å²) in [7, 11) is 0. The van der Waals surface area contributed by atoms with Crippen LogP contribution < -0.4 is 0 Å². The summed E-state index contributed by atoms with van der Waals surface area (Å²) in [6.45, 7) is 0. The zero-order valence-corrected chi connectivity index (χ0v) is 11.2. The molecular formula is C13H8Cl2FN3. The lowest BCUT2D eigenvalue weighted by atomic mass is 10.3. The molecule has 6 heteroatoms. The molecule has 1 aromatic carbocycles. The van der Waals surface area contributed by atoms with Crippen LogP contribution in [-0.2, 0) is 5.88 Å². The standard InChI is InChI=1S/C13H8Cl2FN3/c14-7-11-18-9-4-2-6-17-13(9)19(11)10-5-1-3-8(15)12(10)16/h1-6H,7H2. The molecule has 0 aliphatic carbocycles. The van der Waals surface area contributed by atoms with E-state index in [1.54, 1.807) is 35.0 Å². The number of halogens is 3. The Morgan fingerprint density at radius 3 is 2.84 bits per heavy atom. The summed E-state index contributed by atoms with van der Waals surface area (Å²) in [6, 6.07) is 8.36. The van der Waals surface area contributed by atoms with E-state index in [0.717, 1.165) is 0 Å². The van der Waals surface area contributed by atoms with Crippen LogP contribution in [0, 0.1) is 5.82 Å². The molecular weight excluding hydrogens is 288 g/mol. The zero-order chi connectivity index (χ0) is 13.4. The Labute approximate surface area is 118 Å². The first-order valence-electron chi connectivity index (χ1n) is 5.55. The Kier molecular flexibility index (Phi) is 3.12. The topological polar surface area (TPSA) is 30.7 Å². The van der Waals surface area contributed by atoms with Crippen molar-refractivity contribution < 1.29 is 4.39 Å². The molecule has 3 nitrogen and oxygen atoms in total. The molecule has 0 radical (unpaired) electrons. The first-order chi connectivity index (χ1) is 9.22. The molecule has 0 bridgehead atoms. The van der Waals surface area contributed by atoms with E-state index in [0.29, 0.717) is 22.7 Å². The lowest BCUT2D eigenvalue weighted by Crippen LogP contribution is -2.03. The second-order valence-corrected chi connectivity index (χ2v) is 4.59. The van der Waals surface area contributed by atoms with Crippen molar-refractivity contribution in [1.82, 2.24) is 14.5 Å². The van der Waals surface area contributed by atoms with Crippen LogP contribution in [0.1, 0.15) is 5.82 Å². The number of alkyl halides is 1. The number of imidazole rings is 1. The second kappa shape index (κ2) is 4.79. The van der Waals surface area contributed by atoms with Gasteiger partial charge in [0.25, 0.3) is 0 Å². The summed E-state index contributed by atoms with van der Waals surface area (Å²) in [6.07, 6.45) is 1.63. The average Bonchev–Trinajstić information content (AvgIpc) is 2.80. The van der Waals surface area contributed by atoms with Gasteiger partial charge in [0.2, 0.25) is 0 Å². The van der Waals surface area contributed by atoms with E-state index in [-0.39, 0.29) is 10.9 Å². The molecule has 0 aliphatic rings. The molecule has 19 heavy (non-hydrogen) atoms. The van der Waals surface area contributed by atoms with Crippen molar-refractivity contribution in [1.29, 1.82) is 0 Å². The highest BCUT2D eigenvalue weighted by Crippen LogP contribution is 2.26. The van der Waals surface area contributed by atoms with Crippen LogP contribution in [0.5, 0.6) is 0 Å². The third kappa shape index (κ3) is 1.97. The molecule has 0 unspecified atom stereocenters. The third-order valence-electron chi connectivity index (χ3n) is 2.78. The van der Waals surface area contributed by atoms with E-state index in [9.17, 15) is 4.39 Å². The van der Waals surface area contributed by atoms with E-state index in [4.69, 9.17) is 23.2 Å². The maximum atomic E-state index is 14.2. The van der Waals surface area contributed by atoms with Crippen LogP contribution in [0.4, 0.5) is 4.39 Å². The van der Waals surface area contributed by atoms with Crippen LogP contribution in [0.15, 0.2) is 36.5 Å². The van der Waals surface area contributed by atoms with Crippen molar-refractivity contribution in [3.05, 3.63) is 53.2 Å². The largest absolute Gasteiger partial charge is 0.277 e. The predicted molar refractivity (Wildman–Crippen MR) is 73.4 cm³/mol. The van der Waals surface area contributed by atoms with Gasteiger partial charge >= 0.3 is 0 Å². The lowest BCUT2D eigenvalue weighted by Gasteiger charge is -2.08.